The van der Waals surface area contributed by atoms with Gasteiger partial charge in [0.05, 0.1) is 5.60 Å². The van der Waals surface area contributed by atoms with Crippen LogP contribution in [0.2, 0.25) is 0 Å². The van der Waals surface area contributed by atoms with Crippen molar-refractivity contribution in [2.45, 2.75) is 62.8 Å². The molecule has 2 heterocycles. The molecular weight excluding hydrogens is 386 g/mol. The van der Waals surface area contributed by atoms with Gasteiger partial charge in [0, 0.05) is 18.5 Å². The van der Waals surface area contributed by atoms with Crippen molar-refractivity contribution in [2.24, 2.45) is 0 Å². The molecule has 2 aliphatic heterocycles. The Morgan fingerprint density at radius 2 is 1.61 bits per heavy atom. The van der Waals surface area contributed by atoms with Crippen LogP contribution in [-0.4, -0.2) is 33.8 Å². The third-order valence-electron chi connectivity index (χ3n) is 6.91. The summed E-state index contributed by atoms with van der Waals surface area (Å²) in [7, 11) is 0. The number of piperidine rings is 2. The Hall–Kier alpha value is -2.85. The number of aliphatic hydroxyl groups is 1. The van der Waals surface area contributed by atoms with E-state index in [1.165, 1.54) is 16.3 Å². The zero-order valence-corrected chi connectivity index (χ0v) is 17.7. The molecule has 2 atom stereocenters. The summed E-state index contributed by atoms with van der Waals surface area (Å²) in [5.74, 6) is 0. The third kappa shape index (κ3) is 4.17. The van der Waals surface area contributed by atoms with E-state index in [1.807, 2.05) is 41.3 Å². The van der Waals surface area contributed by atoms with Crippen molar-refractivity contribution in [1.82, 2.24) is 4.90 Å². The van der Waals surface area contributed by atoms with Crippen molar-refractivity contribution >= 4 is 16.9 Å². The average Bonchev–Trinajstić information content (AvgIpc) is 2.78. The van der Waals surface area contributed by atoms with Crippen LogP contribution in [0.15, 0.2) is 72.8 Å². The predicted molar refractivity (Wildman–Crippen MR) is 122 cm³/mol. The Bertz CT molecular complexity index is 1050. The summed E-state index contributed by atoms with van der Waals surface area (Å²) in [4.78, 5) is 14.9. The zero-order valence-electron chi connectivity index (χ0n) is 17.7. The third-order valence-corrected chi connectivity index (χ3v) is 6.91. The van der Waals surface area contributed by atoms with Crippen molar-refractivity contribution in [3.05, 3.63) is 83.9 Å². The summed E-state index contributed by atoms with van der Waals surface area (Å²) in [6.07, 6.45) is 4.53. The summed E-state index contributed by atoms with van der Waals surface area (Å²) in [5.41, 5.74) is 1.38. The van der Waals surface area contributed by atoms with E-state index in [0.29, 0.717) is 19.3 Å². The quantitative estimate of drug-likeness (QED) is 0.615. The largest absolute Gasteiger partial charge is 0.445 e. The maximum absolute atomic E-state index is 13.0. The summed E-state index contributed by atoms with van der Waals surface area (Å²) in [6.45, 7) is 0.288. The predicted octanol–water partition coefficient (Wildman–Crippen LogP) is 5.47. The second-order valence-electron chi connectivity index (χ2n) is 9.13. The lowest BCUT2D eigenvalue weighted by molar-refractivity contribution is -0.0844. The number of nitrogens with zero attached hydrogens (tertiary/aromatic N) is 1. The lowest BCUT2D eigenvalue weighted by Crippen LogP contribution is -2.60. The first-order chi connectivity index (χ1) is 15.1. The van der Waals surface area contributed by atoms with Crippen molar-refractivity contribution in [3.63, 3.8) is 0 Å². The number of carbonyl (C=O) groups is 1. The van der Waals surface area contributed by atoms with Crippen LogP contribution in [0.25, 0.3) is 10.8 Å². The minimum absolute atomic E-state index is 0.0377. The first-order valence-electron chi connectivity index (χ1n) is 11.3. The van der Waals surface area contributed by atoms with Crippen molar-refractivity contribution < 1.29 is 14.6 Å². The lowest BCUT2D eigenvalue weighted by Gasteiger charge is -2.51. The summed E-state index contributed by atoms with van der Waals surface area (Å²) < 4.78 is 5.65. The van der Waals surface area contributed by atoms with Crippen LogP contribution in [0.5, 0.6) is 0 Å². The molecule has 0 aliphatic carbocycles. The fourth-order valence-corrected chi connectivity index (χ4v) is 5.56. The highest BCUT2D eigenvalue weighted by Gasteiger charge is 2.47. The number of benzene rings is 3. The van der Waals surface area contributed by atoms with Gasteiger partial charge < -0.3 is 14.7 Å². The number of ether oxygens (including phenoxy) is 1. The molecule has 160 valence electrons. The fraction of sp³-hybridized carbons (Fsp3) is 0.370. The molecule has 0 radical (unpaired) electrons. The Morgan fingerprint density at radius 3 is 2.39 bits per heavy atom. The van der Waals surface area contributed by atoms with E-state index >= 15 is 0 Å². The van der Waals surface area contributed by atoms with Gasteiger partial charge in [0.1, 0.15) is 6.61 Å². The molecule has 2 fully saturated rings. The Balaban J connectivity index is 1.31. The highest BCUT2D eigenvalue weighted by molar-refractivity contribution is 5.85. The smallest absolute Gasteiger partial charge is 0.410 e. The summed E-state index contributed by atoms with van der Waals surface area (Å²) in [5, 5.41) is 14.0. The minimum atomic E-state index is -0.796. The number of hydrogen-bond donors (Lipinski definition) is 1. The van der Waals surface area contributed by atoms with Crippen LogP contribution in [0.4, 0.5) is 4.79 Å². The van der Waals surface area contributed by atoms with Gasteiger partial charge in [0.25, 0.3) is 0 Å². The van der Waals surface area contributed by atoms with E-state index in [9.17, 15) is 9.90 Å². The van der Waals surface area contributed by atoms with Gasteiger partial charge in [-0.15, -0.1) is 0 Å². The average molecular weight is 416 g/mol. The van der Waals surface area contributed by atoms with Gasteiger partial charge in [-0.25, -0.2) is 4.79 Å². The van der Waals surface area contributed by atoms with Gasteiger partial charge in [-0.05, 0) is 54.0 Å². The fourth-order valence-electron chi connectivity index (χ4n) is 5.56. The minimum Gasteiger partial charge on any atom is -0.445 e. The van der Waals surface area contributed by atoms with Crippen LogP contribution in [0.1, 0.15) is 43.2 Å². The second kappa shape index (κ2) is 8.35. The number of rotatable bonds is 4. The summed E-state index contributed by atoms with van der Waals surface area (Å²) >= 11 is 0. The Labute approximate surface area is 183 Å². The molecular formula is C27H29NO3. The van der Waals surface area contributed by atoms with Gasteiger partial charge in [-0.3, -0.25) is 0 Å². The molecule has 0 saturated carbocycles. The maximum Gasteiger partial charge on any atom is 0.410 e. The molecule has 2 bridgehead atoms. The molecule has 0 aromatic heterocycles. The number of fused-ring (bicyclic) bond motifs is 3. The van der Waals surface area contributed by atoms with Crippen molar-refractivity contribution in [2.75, 3.05) is 0 Å². The number of amides is 1. The van der Waals surface area contributed by atoms with E-state index in [1.54, 1.807) is 0 Å². The van der Waals surface area contributed by atoms with Crippen molar-refractivity contribution in [3.8, 4) is 0 Å². The molecule has 2 saturated heterocycles. The van der Waals surface area contributed by atoms with E-state index < -0.39 is 5.60 Å². The maximum atomic E-state index is 13.0. The summed E-state index contributed by atoms with van der Waals surface area (Å²) in [6, 6.07) is 24.5. The van der Waals surface area contributed by atoms with Crippen LogP contribution < -0.4 is 0 Å². The van der Waals surface area contributed by atoms with Gasteiger partial charge in [-0.2, -0.15) is 0 Å². The molecule has 0 spiro atoms. The van der Waals surface area contributed by atoms with E-state index in [4.69, 9.17) is 4.74 Å². The molecule has 1 amide bonds. The monoisotopic (exact) mass is 415 g/mol. The molecule has 2 unspecified atom stereocenters. The molecule has 4 heteroatoms. The van der Waals surface area contributed by atoms with Gasteiger partial charge >= 0.3 is 6.09 Å². The van der Waals surface area contributed by atoms with Crippen LogP contribution >= 0.6 is 0 Å². The SMILES string of the molecule is O=C(OCc1ccccc1)N1C2CCCC1CC(O)(Cc1cccc3ccccc13)C2. The van der Waals surface area contributed by atoms with Crippen molar-refractivity contribution in [1.29, 1.82) is 0 Å². The normalized spacial score (nSPS) is 25.4. The van der Waals surface area contributed by atoms with Crippen LogP contribution in [-0.2, 0) is 17.8 Å². The molecule has 2 aliphatic rings. The van der Waals surface area contributed by atoms with Gasteiger partial charge in [0.15, 0.2) is 0 Å². The highest BCUT2D eigenvalue weighted by atomic mass is 16.6. The van der Waals surface area contributed by atoms with E-state index in [-0.39, 0.29) is 24.8 Å². The lowest BCUT2D eigenvalue weighted by atomic mass is 9.73. The standard InChI is InChI=1S/C27H29NO3/c29-26(31-19-20-8-2-1-3-9-20)28-23-13-7-14-24(28)18-27(30,17-23)16-22-12-6-11-21-10-4-5-15-25(21)22/h1-6,8-12,15,23-24,30H,7,13-14,16-19H2. The molecule has 3 aromatic carbocycles. The van der Waals surface area contributed by atoms with E-state index in [0.717, 1.165) is 24.8 Å². The van der Waals surface area contributed by atoms with Crippen LogP contribution in [0.3, 0.4) is 0 Å². The first-order valence-corrected chi connectivity index (χ1v) is 11.3. The topological polar surface area (TPSA) is 49.8 Å². The van der Waals surface area contributed by atoms with Gasteiger partial charge in [-0.1, -0.05) is 72.8 Å². The van der Waals surface area contributed by atoms with E-state index in [2.05, 4.69) is 36.4 Å². The zero-order chi connectivity index (χ0) is 21.3. The highest BCUT2D eigenvalue weighted by Crippen LogP contribution is 2.41. The number of carbonyl (C=O) groups excluding carboxylic acids is 1. The molecule has 31 heavy (non-hydrogen) atoms. The Kier molecular flexibility index (Phi) is 5.41. The second-order valence-corrected chi connectivity index (χ2v) is 9.13. The van der Waals surface area contributed by atoms with Crippen LogP contribution in [0, 0.1) is 0 Å². The molecule has 5 rings (SSSR count). The number of hydrogen-bond acceptors (Lipinski definition) is 3. The van der Waals surface area contributed by atoms with Gasteiger partial charge in [0.2, 0.25) is 0 Å². The molecule has 3 aromatic rings. The molecule has 1 N–H and O–H groups in total. The molecule has 4 nitrogen and oxygen atoms in total. The first kappa shape index (κ1) is 20.1. The Morgan fingerprint density at radius 1 is 0.935 bits per heavy atom.